The van der Waals surface area contributed by atoms with Gasteiger partial charge < -0.3 is 10.2 Å². The topological polar surface area (TPSA) is 35.6 Å². The van der Waals surface area contributed by atoms with Crippen molar-refractivity contribution in [1.82, 2.24) is 9.80 Å². The van der Waals surface area contributed by atoms with Gasteiger partial charge in [0.15, 0.2) is 0 Å². The summed E-state index contributed by atoms with van der Waals surface area (Å²) in [6.07, 6.45) is 5.41. The molecule has 1 aliphatic carbocycles. The number of nitrogens with one attached hydrogen (secondary N) is 1. The van der Waals surface area contributed by atoms with Gasteiger partial charge in [-0.3, -0.25) is 4.90 Å². The van der Waals surface area contributed by atoms with Gasteiger partial charge in [0.1, 0.15) is 0 Å². The number of piperazine rings is 1. The minimum atomic E-state index is 0.0244. The Bertz CT molecular complexity index is 716. The van der Waals surface area contributed by atoms with Crippen LogP contribution in [0.1, 0.15) is 25.7 Å². The molecule has 0 spiro atoms. The molecule has 4 heteroatoms. The second-order valence-corrected chi connectivity index (χ2v) is 6.95. The summed E-state index contributed by atoms with van der Waals surface area (Å²) in [6, 6.07) is 15.1. The second kappa shape index (κ2) is 6.81. The van der Waals surface area contributed by atoms with Crippen LogP contribution in [-0.2, 0) is 0 Å². The fraction of sp³-hybridized carbons (Fsp3) is 0.450. The van der Waals surface area contributed by atoms with Crippen LogP contribution in [-0.4, -0.2) is 48.1 Å². The molecule has 2 aromatic carbocycles. The predicted octanol–water partition coefficient (Wildman–Crippen LogP) is 3.93. The fourth-order valence-electron chi connectivity index (χ4n) is 4.03. The molecule has 1 N–H and O–H groups in total. The van der Waals surface area contributed by atoms with E-state index in [0.29, 0.717) is 0 Å². The zero-order chi connectivity index (χ0) is 16.4. The lowest BCUT2D eigenvalue weighted by Gasteiger charge is -2.38. The zero-order valence-corrected chi connectivity index (χ0v) is 14.1. The number of fused-ring (bicyclic) bond motifs is 1. The number of urea groups is 1. The van der Waals surface area contributed by atoms with E-state index in [1.54, 1.807) is 0 Å². The van der Waals surface area contributed by atoms with Gasteiger partial charge in [-0.1, -0.05) is 43.2 Å². The average Bonchev–Trinajstić information content (AvgIpc) is 3.16. The maximum atomic E-state index is 12.5. The number of rotatable bonds is 2. The molecule has 1 saturated carbocycles. The van der Waals surface area contributed by atoms with E-state index in [2.05, 4.69) is 28.4 Å². The Kier molecular flexibility index (Phi) is 4.39. The molecule has 2 amide bonds. The molecule has 4 rings (SSSR count). The first kappa shape index (κ1) is 15.5. The highest BCUT2D eigenvalue weighted by molar-refractivity contribution is 5.93. The smallest absolute Gasteiger partial charge is 0.321 e. The van der Waals surface area contributed by atoms with Crippen molar-refractivity contribution in [3.8, 4) is 0 Å². The molecule has 1 heterocycles. The van der Waals surface area contributed by atoms with Crippen LogP contribution in [0.3, 0.4) is 0 Å². The van der Waals surface area contributed by atoms with Crippen LogP contribution in [0.2, 0.25) is 0 Å². The molecule has 0 radical (unpaired) electrons. The van der Waals surface area contributed by atoms with Gasteiger partial charge in [0, 0.05) is 37.9 Å². The van der Waals surface area contributed by atoms with Crippen LogP contribution in [0.4, 0.5) is 10.5 Å². The Hall–Kier alpha value is -2.07. The van der Waals surface area contributed by atoms with Gasteiger partial charge in [0.2, 0.25) is 0 Å². The van der Waals surface area contributed by atoms with Crippen molar-refractivity contribution in [3.05, 3.63) is 42.5 Å². The monoisotopic (exact) mass is 323 g/mol. The van der Waals surface area contributed by atoms with E-state index in [-0.39, 0.29) is 6.03 Å². The summed E-state index contributed by atoms with van der Waals surface area (Å²) in [6.45, 7) is 3.68. The van der Waals surface area contributed by atoms with Crippen LogP contribution in [0.5, 0.6) is 0 Å². The molecule has 1 saturated heterocycles. The van der Waals surface area contributed by atoms with E-state index in [0.717, 1.165) is 43.3 Å². The standard InChI is InChI=1S/C20H25N3O/c24-20(21-18-10-9-16-5-1-2-6-17(16)15-18)23-13-11-22(12-14-23)19-7-3-4-8-19/h1-2,5-6,9-10,15,19H,3-4,7-8,11-14H2,(H,21,24). The third kappa shape index (κ3) is 3.24. The minimum Gasteiger partial charge on any atom is -0.322 e. The van der Waals surface area contributed by atoms with E-state index in [4.69, 9.17) is 0 Å². The molecule has 2 fully saturated rings. The van der Waals surface area contributed by atoms with Crippen molar-refractivity contribution in [1.29, 1.82) is 0 Å². The lowest BCUT2D eigenvalue weighted by atomic mass is 10.1. The highest BCUT2D eigenvalue weighted by Crippen LogP contribution is 2.24. The van der Waals surface area contributed by atoms with E-state index in [1.807, 2.05) is 29.2 Å². The van der Waals surface area contributed by atoms with Crippen LogP contribution in [0, 0.1) is 0 Å². The Labute approximate surface area is 143 Å². The third-order valence-electron chi connectivity index (χ3n) is 5.44. The normalized spacial score (nSPS) is 19.8. The first-order valence-electron chi connectivity index (χ1n) is 9.08. The quantitative estimate of drug-likeness (QED) is 0.909. The Morgan fingerprint density at radius 1 is 0.917 bits per heavy atom. The minimum absolute atomic E-state index is 0.0244. The number of anilines is 1. The van der Waals surface area contributed by atoms with E-state index >= 15 is 0 Å². The highest BCUT2D eigenvalue weighted by atomic mass is 16.2. The van der Waals surface area contributed by atoms with Gasteiger partial charge in [0.25, 0.3) is 0 Å². The van der Waals surface area contributed by atoms with Gasteiger partial charge >= 0.3 is 6.03 Å². The first-order valence-corrected chi connectivity index (χ1v) is 9.08. The van der Waals surface area contributed by atoms with E-state index < -0.39 is 0 Å². The Balaban J connectivity index is 1.35. The summed E-state index contributed by atoms with van der Waals surface area (Å²) >= 11 is 0. The van der Waals surface area contributed by atoms with Crippen molar-refractivity contribution < 1.29 is 4.79 Å². The molecule has 0 aromatic heterocycles. The maximum absolute atomic E-state index is 12.5. The van der Waals surface area contributed by atoms with Crippen molar-refractivity contribution in [2.24, 2.45) is 0 Å². The molecule has 1 aliphatic heterocycles. The molecular weight excluding hydrogens is 298 g/mol. The van der Waals surface area contributed by atoms with Crippen LogP contribution in [0.15, 0.2) is 42.5 Å². The lowest BCUT2D eigenvalue weighted by molar-refractivity contribution is 0.115. The highest BCUT2D eigenvalue weighted by Gasteiger charge is 2.27. The molecule has 0 bridgehead atoms. The summed E-state index contributed by atoms with van der Waals surface area (Å²) in [5.41, 5.74) is 0.872. The average molecular weight is 323 g/mol. The van der Waals surface area contributed by atoms with Crippen LogP contribution < -0.4 is 5.32 Å². The molecular formula is C20H25N3O. The van der Waals surface area contributed by atoms with Crippen LogP contribution >= 0.6 is 0 Å². The number of hydrogen-bond acceptors (Lipinski definition) is 2. The summed E-state index contributed by atoms with van der Waals surface area (Å²) in [7, 11) is 0. The largest absolute Gasteiger partial charge is 0.322 e. The number of carbonyl (C=O) groups is 1. The van der Waals surface area contributed by atoms with Crippen molar-refractivity contribution in [2.75, 3.05) is 31.5 Å². The van der Waals surface area contributed by atoms with Gasteiger partial charge in [-0.15, -0.1) is 0 Å². The first-order chi connectivity index (χ1) is 11.8. The fourth-order valence-corrected chi connectivity index (χ4v) is 4.03. The SMILES string of the molecule is O=C(Nc1ccc2ccccc2c1)N1CCN(C2CCCC2)CC1. The van der Waals surface area contributed by atoms with Gasteiger partial charge in [-0.05, 0) is 35.7 Å². The number of hydrogen-bond donors (Lipinski definition) is 1. The molecule has 0 atom stereocenters. The Morgan fingerprint density at radius 2 is 1.62 bits per heavy atom. The maximum Gasteiger partial charge on any atom is 0.321 e. The van der Waals surface area contributed by atoms with Crippen molar-refractivity contribution in [3.63, 3.8) is 0 Å². The van der Waals surface area contributed by atoms with Gasteiger partial charge in [0.05, 0.1) is 0 Å². The summed E-state index contributed by atoms with van der Waals surface area (Å²) in [5, 5.41) is 5.41. The van der Waals surface area contributed by atoms with Gasteiger partial charge in [-0.25, -0.2) is 4.79 Å². The summed E-state index contributed by atoms with van der Waals surface area (Å²) < 4.78 is 0. The molecule has 126 valence electrons. The van der Waals surface area contributed by atoms with E-state index in [9.17, 15) is 4.79 Å². The van der Waals surface area contributed by atoms with E-state index in [1.165, 1.54) is 31.1 Å². The van der Waals surface area contributed by atoms with Crippen LogP contribution in [0.25, 0.3) is 10.8 Å². The van der Waals surface area contributed by atoms with Gasteiger partial charge in [-0.2, -0.15) is 0 Å². The molecule has 2 aliphatic rings. The number of benzene rings is 2. The molecule has 24 heavy (non-hydrogen) atoms. The summed E-state index contributed by atoms with van der Waals surface area (Å²) in [4.78, 5) is 17.0. The number of amides is 2. The molecule has 0 unspecified atom stereocenters. The van der Waals surface area contributed by atoms with Crippen molar-refractivity contribution in [2.45, 2.75) is 31.7 Å². The molecule has 2 aromatic rings. The predicted molar refractivity (Wildman–Crippen MR) is 98.4 cm³/mol. The third-order valence-corrected chi connectivity index (χ3v) is 5.44. The second-order valence-electron chi connectivity index (χ2n) is 6.95. The number of carbonyl (C=O) groups excluding carboxylic acids is 1. The zero-order valence-electron chi connectivity index (χ0n) is 14.1. The van der Waals surface area contributed by atoms with Crippen molar-refractivity contribution >= 4 is 22.5 Å². The lowest BCUT2D eigenvalue weighted by Crippen LogP contribution is -2.52. The molecule has 4 nitrogen and oxygen atoms in total. The Morgan fingerprint density at radius 3 is 2.38 bits per heavy atom. The summed E-state index contributed by atoms with van der Waals surface area (Å²) in [5.74, 6) is 0. The number of nitrogens with zero attached hydrogens (tertiary/aromatic N) is 2.